The lowest BCUT2D eigenvalue weighted by Crippen LogP contribution is -2.25. The highest BCUT2D eigenvalue weighted by Gasteiger charge is 2.31. The molecule has 2 fully saturated rings. The Kier molecular flexibility index (Phi) is 8.75. The van der Waals surface area contributed by atoms with Crippen molar-refractivity contribution in [3.8, 4) is 0 Å². The third-order valence-electron chi connectivity index (χ3n) is 7.82. The number of carbonyl (C=O) groups excluding carboxylic acids is 1. The number of carbonyl (C=O) groups is 1. The predicted molar refractivity (Wildman–Crippen MR) is 120 cm³/mol. The molecule has 1 aromatic rings. The molecule has 3 rings (SSSR count). The second-order valence-corrected chi connectivity index (χ2v) is 9.80. The van der Waals surface area contributed by atoms with Crippen LogP contribution in [-0.2, 0) is 0 Å². The molecule has 0 aliphatic heterocycles. The van der Waals surface area contributed by atoms with E-state index in [-0.39, 0.29) is 17.2 Å². The van der Waals surface area contributed by atoms with Gasteiger partial charge in [0.05, 0.1) is 5.56 Å². The molecular weight excluding hydrogens is 359 g/mol. The molecule has 0 unspecified atom stereocenters. The van der Waals surface area contributed by atoms with Crippen LogP contribution in [0.15, 0.2) is 18.2 Å². The first kappa shape index (κ1) is 22.5. The molecule has 0 atom stereocenters. The molecule has 0 radical (unpaired) electrons. The Morgan fingerprint density at radius 2 is 1.52 bits per heavy atom. The van der Waals surface area contributed by atoms with Crippen molar-refractivity contribution >= 4 is 5.78 Å². The molecule has 2 heteroatoms. The quantitative estimate of drug-likeness (QED) is 0.380. The standard InChI is InChI=1S/C27H41FO/c1-3-5-7-20-9-11-21(12-10-20)22-13-15-23(16-14-22)24-17-18-25(26(28)19-24)27(29)8-6-4-2/h17-23H,3-16H2,1-2H3. The molecule has 2 aliphatic carbocycles. The van der Waals surface area contributed by atoms with Crippen LogP contribution in [0.5, 0.6) is 0 Å². The van der Waals surface area contributed by atoms with Crippen molar-refractivity contribution in [3.05, 3.63) is 35.1 Å². The predicted octanol–water partition coefficient (Wildman–Crippen LogP) is 8.47. The van der Waals surface area contributed by atoms with Gasteiger partial charge in [0.2, 0.25) is 0 Å². The molecule has 29 heavy (non-hydrogen) atoms. The molecule has 162 valence electrons. The Morgan fingerprint density at radius 3 is 2.10 bits per heavy atom. The van der Waals surface area contributed by atoms with Gasteiger partial charge in [0, 0.05) is 6.42 Å². The average Bonchev–Trinajstić information content (AvgIpc) is 2.76. The van der Waals surface area contributed by atoms with Gasteiger partial charge in [-0.2, -0.15) is 0 Å². The monoisotopic (exact) mass is 400 g/mol. The van der Waals surface area contributed by atoms with Gasteiger partial charge in [0.25, 0.3) is 0 Å². The van der Waals surface area contributed by atoms with E-state index in [0.29, 0.717) is 12.3 Å². The zero-order chi connectivity index (χ0) is 20.6. The van der Waals surface area contributed by atoms with Gasteiger partial charge in [-0.25, -0.2) is 4.39 Å². The Balaban J connectivity index is 1.48. The fraction of sp³-hybridized carbons (Fsp3) is 0.741. The average molecular weight is 401 g/mol. The molecule has 0 aromatic heterocycles. The minimum atomic E-state index is -0.309. The minimum Gasteiger partial charge on any atom is -0.294 e. The number of unbranched alkanes of at least 4 members (excludes halogenated alkanes) is 2. The summed E-state index contributed by atoms with van der Waals surface area (Å²) in [6, 6.07) is 5.42. The van der Waals surface area contributed by atoms with Crippen LogP contribution in [-0.4, -0.2) is 5.78 Å². The highest BCUT2D eigenvalue weighted by Crippen LogP contribution is 2.44. The molecule has 2 saturated carbocycles. The van der Waals surface area contributed by atoms with Crippen molar-refractivity contribution in [3.63, 3.8) is 0 Å². The Labute approximate surface area is 177 Å². The largest absolute Gasteiger partial charge is 0.294 e. The zero-order valence-corrected chi connectivity index (χ0v) is 18.7. The van der Waals surface area contributed by atoms with E-state index in [4.69, 9.17) is 0 Å². The second-order valence-electron chi connectivity index (χ2n) is 9.80. The molecule has 2 aliphatic rings. The van der Waals surface area contributed by atoms with Gasteiger partial charge in [-0.3, -0.25) is 4.79 Å². The summed E-state index contributed by atoms with van der Waals surface area (Å²) in [5.74, 6) is 2.93. The molecule has 0 amide bonds. The van der Waals surface area contributed by atoms with E-state index in [1.165, 1.54) is 70.6 Å². The lowest BCUT2D eigenvalue weighted by molar-refractivity contribution is 0.0976. The summed E-state index contributed by atoms with van der Waals surface area (Å²) in [5.41, 5.74) is 1.40. The number of hydrogen-bond acceptors (Lipinski definition) is 1. The van der Waals surface area contributed by atoms with Crippen molar-refractivity contribution in [1.82, 2.24) is 0 Å². The van der Waals surface area contributed by atoms with Crippen LogP contribution in [0, 0.1) is 23.6 Å². The van der Waals surface area contributed by atoms with Crippen molar-refractivity contribution in [2.24, 2.45) is 17.8 Å². The van der Waals surface area contributed by atoms with E-state index >= 15 is 0 Å². The number of hydrogen-bond donors (Lipinski definition) is 0. The fourth-order valence-electron chi connectivity index (χ4n) is 5.85. The molecular formula is C27H41FO. The minimum absolute atomic E-state index is 0.0471. The van der Waals surface area contributed by atoms with E-state index in [9.17, 15) is 9.18 Å². The van der Waals surface area contributed by atoms with Crippen molar-refractivity contribution in [2.45, 2.75) is 110 Å². The van der Waals surface area contributed by atoms with E-state index in [1.54, 1.807) is 12.1 Å². The molecule has 0 saturated heterocycles. The summed E-state index contributed by atoms with van der Waals surface area (Å²) in [6.07, 6.45) is 17.2. The molecule has 1 aromatic carbocycles. The van der Waals surface area contributed by atoms with Gasteiger partial charge in [-0.05, 0) is 86.3 Å². The zero-order valence-electron chi connectivity index (χ0n) is 18.7. The van der Waals surface area contributed by atoms with Gasteiger partial charge >= 0.3 is 0 Å². The maximum absolute atomic E-state index is 14.6. The smallest absolute Gasteiger partial charge is 0.165 e. The fourth-order valence-corrected chi connectivity index (χ4v) is 5.85. The summed E-state index contributed by atoms with van der Waals surface area (Å²) >= 11 is 0. The number of halogens is 1. The van der Waals surface area contributed by atoms with Crippen LogP contribution in [0.4, 0.5) is 4.39 Å². The van der Waals surface area contributed by atoms with Gasteiger partial charge in [0.15, 0.2) is 5.78 Å². The van der Waals surface area contributed by atoms with Gasteiger partial charge in [0.1, 0.15) is 5.82 Å². The summed E-state index contributed by atoms with van der Waals surface area (Å²) in [6.45, 7) is 4.36. The number of rotatable bonds is 9. The summed E-state index contributed by atoms with van der Waals surface area (Å²) in [7, 11) is 0. The van der Waals surface area contributed by atoms with Crippen LogP contribution in [0.1, 0.15) is 126 Å². The van der Waals surface area contributed by atoms with E-state index in [1.807, 2.05) is 6.07 Å². The summed E-state index contributed by atoms with van der Waals surface area (Å²) in [5, 5.41) is 0. The Bertz CT molecular complexity index is 636. The molecule has 0 spiro atoms. The number of benzene rings is 1. The van der Waals surface area contributed by atoms with Crippen molar-refractivity contribution in [2.75, 3.05) is 0 Å². The first-order valence-corrected chi connectivity index (χ1v) is 12.4. The maximum Gasteiger partial charge on any atom is 0.165 e. The van der Waals surface area contributed by atoms with E-state index in [0.717, 1.165) is 36.2 Å². The topological polar surface area (TPSA) is 17.1 Å². The van der Waals surface area contributed by atoms with E-state index < -0.39 is 0 Å². The molecule has 1 nitrogen and oxygen atoms in total. The van der Waals surface area contributed by atoms with Gasteiger partial charge < -0.3 is 0 Å². The summed E-state index contributed by atoms with van der Waals surface area (Å²) < 4.78 is 14.6. The van der Waals surface area contributed by atoms with Crippen LogP contribution >= 0.6 is 0 Å². The first-order valence-electron chi connectivity index (χ1n) is 12.4. The SMILES string of the molecule is CCCCC(=O)c1ccc(C2CCC(C3CCC(CCCC)CC3)CC2)cc1F. The lowest BCUT2D eigenvalue weighted by Gasteiger charge is -2.38. The normalized spacial score (nSPS) is 27.7. The highest BCUT2D eigenvalue weighted by molar-refractivity contribution is 5.96. The Hall–Kier alpha value is -1.18. The molecule has 0 bridgehead atoms. The molecule has 0 heterocycles. The maximum atomic E-state index is 14.6. The first-order chi connectivity index (χ1) is 14.1. The van der Waals surface area contributed by atoms with Crippen molar-refractivity contribution < 1.29 is 9.18 Å². The second kappa shape index (κ2) is 11.3. The van der Waals surface area contributed by atoms with Crippen LogP contribution in [0.3, 0.4) is 0 Å². The van der Waals surface area contributed by atoms with Crippen LogP contribution in [0.2, 0.25) is 0 Å². The Morgan fingerprint density at radius 1 is 0.897 bits per heavy atom. The third kappa shape index (κ3) is 6.15. The number of Topliss-reactive ketones (excluding diaryl/α,β-unsaturated/α-hetero) is 1. The van der Waals surface area contributed by atoms with Gasteiger partial charge in [-0.1, -0.05) is 58.4 Å². The highest BCUT2D eigenvalue weighted by atomic mass is 19.1. The van der Waals surface area contributed by atoms with Gasteiger partial charge in [-0.15, -0.1) is 0 Å². The lowest BCUT2D eigenvalue weighted by atomic mass is 9.68. The van der Waals surface area contributed by atoms with Crippen molar-refractivity contribution in [1.29, 1.82) is 0 Å². The third-order valence-corrected chi connectivity index (χ3v) is 7.82. The van der Waals surface area contributed by atoms with E-state index in [2.05, 4.69) is 13.8 Å². The van der Waals surface area contributed by atoms with Crippen LogP contribution < -0.4 is 0 Å². The molecule has 0 N–H and O–H groups in total. The summed E-state index contributed by atoms with van der Waals surface area (Å²) in [4.78, 5) is 12.2. The number of ketones is 1. The van der Waals surface area contributed by atoms with Crippen LogP contribution in [0.25, 0.3) is 0 Å².